The van der Waals surface area contributed by atoms with E-state index in [4.69, 9.17) is 14.2 Å². The summed E-state index contributed by atoms with van der Waals surface area (Å²) in [5, 5.41) is 10.3. The number of para-hydroxylation sites is 1. The Balaban J connectivity index is 1.88. The molecule has 0 aliphatic heterocycles. The quantitative estimate of drug-likeness (QED) is 0.412. The predicted octanol–water partition coefficient (Wildman–Crippen LogP) is 5.40. The highest BCUT2D eigenvalue weighted by molar-refractivity contribution is 9.10. The number of aliphatic carboxylic acids is 1. The van der Waals surface area contributed by atoms with E-state index in [-0.39, 0.29) is 19.1 Å². The molecule has 164 valence electrons. The zero-order chi connectivity index (χ0) is 22.4. The Morgan fingerprint density at radius 1 is 1.16 bits per heavy atom. The SMILES string of the molecule is CCOC(Cc1ccccc1OCc1cnc2ccc(Br)cc2c1OC(C)C)C(=O)O. The van der Waals surface area contributed by atoms with Crippen molar-refractivity contribution in [3.8, 4) is 11.5 Å². The van der Waals surface area contributed by atoms with Crippen molar-refractivity contribution >= 4 is 32.8 Å². The molecule has 0 amide bonds. The van der Waals surface area contributed by atoms with Crippen LogP contribution in [0.3, 0.4) is 0 Å². The van der Waals surface area contributed by atoms with Crippen LogP contribution in [0.25, 0.3) is 10.9 Å². The predicted molar refractivity (Wildman–Crippen MR) is 123 cm³/mol. The summed E-state index contributed by atoms with van der Waals surface area (Å²) in [6.45, 7) is 6.29. The molecular weight excluding hydrogens is 462 g/mol. The van der Waals surface area contributed by atoms with Gasteiger partial charge in [0.05, 0.1) is 17.2 Å². The average molecular weight is 488 g/mol. The fraction of sp³-hybridized carbons (Fsp3) is 0.333. The molecule has 1 aromatic heterocycles. The molecule has 6 nitrogen and oxygen atoms in total. The standard InChI is InChI=1S/C24H26BrNO5/c1-4-29-22(24(27)28)11-16-7-5-6-8-21(16)30-14-17-13-26-20-10-9-18(25)12-19(20)23(17)31-15(2)3/h5-10,12-13,15,22H,4,11,14H2,1-3H3,(H,27,28). The number of benzene rings is 2. The highest BCUT2D eigenvalue weighted by Gasteiger charge is 2.20. The topological polar surface area (TPSA) is 77.9 Å². The monoisotopic (exact) mass is 487 g/mol. The highest BCUT2D eigenvalue weighted by Crippen LogP contribution is 2.33. The Morgan fingerprint density at radius 2 is 1.94 bits per heavy atom. The molecule has 31 heavy (non-hydrogen) atoms. The number of carboxylic acids is 1. The second-order valence-corrected chi connectivity index (χ2v) is 8.24. The lowest BCUT2D eigenvalue weighted by molar-refractivity contribution is -0.149. The van der Waals surface area contributed by atoms with Crippen LogP contribution in [0.1, 0.15) is 31.9 Å². The van der Waals surface area contributed by atoms with Crippen LogP contribution >= 0.6 is 15.9 Å². The highest BCUT2D eigenvalue weighted by atomic mass is 79.9. The van der Waals surface area contributed by atoms with E-state index >= 15 is 0 Å². The lowest BCUT2D eigenvalue weighted by Crippen LogP contribution is -2.26. The van der Waals surface area contributed by atoms with E-state index in [0.717, 1.165) is 32.3 Å². The molecule has 0 aliphatic rings. The minimum Gasteiger partial charge on any atom is -0.490 e. The van der Waals surface area contributed by atoms with Crippen LogP contribution in [0.15, 0.2) is 53.1 Å². The molecule has 0 spiro atoms. The van der Waals surface area contributed by atoms with Gasteiger partial charge >= 0.3 is 5.97 Å². The Morgan fingerprint density at radius 3 is 2.65 bits per heavy atom. The summed E-state index contributed by atoms with van der Waals surface area (Å²) >= 11 is 3.52. The van der Waals surface area contributed by atoms with Crippen LogP contribution < -0.4 is 9.47 Å². The number of hydrogen-bond acceptors (Lipinski definition) is 5. The summed E-state index contributed by atoms with van der Waals surface area (Å²) in [4.78, 5) is 16.0. The van der Waals surface area contributed by atoms with Crippen molar-refractivity contribution in [1.29, 1.82) is 0 Å². The van der Waals surface area contributed by atoms with Crippen molar-refractivity contribution in [3.63, 3.8) is 0 Å². The Bertz CT molecular complexity index is 1050. The van der Waals surface area contributed by atoms with Gasteiger partial charge in [-0.1, -0.05) is 34.1 Å². The second-order valence-electron chi connectivity index (χ2n) is 7.32. The number of halogens is 1. The summed E-state index contributed by atoms with van der Waals surface area (Å²) in [5.74, 6) is 0.350. The first-order valence-corrected chi connectivity index (χ1v) is 11.0. The van der Waals surface area contributed by atoms with E-state index < -0.39 is 12.1 Å². The molecule has 2 aromatic carbocycles. The van der Waals surface area contributed by atoms with Crippen molar-refractivity contribution in [1.82, 2.24) is 4.98 Å². The molecule has 0 aliphatic carbocycles. The van der Waals surface area contributed by atoms with Gasteiger partial charge in [-0.25, -0.2) is 4.79 Å². The molecule has 1 unspecified atom stereocenters. The first-order chi connectivity index (χ1) is 14.9. The van der Waals surface area contributed by atoms with Crippen LogP contribution in [0.2, 0.25) is 0 Å². The van der Waals surface area contributed by atoms with E-state index in [1.165, 1.54) is 0 Å². The van der Waals surface area contributed by atoms with Gasteiger partial charge in [0.2, 0.25) is 0 Å². The fourth-order valence-corrected chi connectivity index (χ4v) is 3.61. The van der Waals surface area contributed by atoms with E-state index in [1.54, 1.807) is 13.1 Å². The number of carbonyl (C=O) groups is 1. The van der Waals surface area contributed by atoms with Gasteiger partial charge in [-0.15, -0.1) is 0 Å². The van der Waals surface area contributed by atoms with Crippen molar-refractivity contribution in [2.24, 2.45) is 0 Å². The molecule has 0 saturated carbocycles. The van der Waals surface area contributed by atoms with E-state index in [9.17, 15) is 9.90 Å². The number of hydrogen-bond donors (Lipinski definition) is 1. The zero-order valence-corrected chi connectivity index (χ0v) is 19.4. The number of rotatable bonds is 10. The molecule has 1 N–H and O–H groups in total. The third kappa shape index (κ3) is 5.95. The van der Waals surface area contributed by atoms with E-state index in [2.05, 4.69) is 20.9 Å². The molecule has 0 fully saturated rings. The molecule has 3 aromatic rings. The molecule has 0 saturated heterocycles. The van der Waals surface area contributed by atoms with Gasteiger partial charge in [-0.3, -0.25) is 4.98 Å². The van der Waals surface area contributed by atoms with E-state index in [0.29, 0.717) is 12.4 Å². The number of fused-ring (bicyclic) bond motifs is 1. The maximum atomic E-state index is 11.5. The summed E-state index contributed by atoms with van der Waals surface area (Å²) in [7, 11) is 0. The van der Waals surface area contributed by atoms with Gasteiger partial charge < -0.3 is 19.3 Å². The molecule has 0 bridgehead atoms. The van der Waals surface area contributed by atoms with Crippen LogP contribution in [0.4, 0.5) is 0 Å². The molecule has 0 radical (unpaired) electrons. The summed E-state index contributed by atoms with van der Waals surface area (Å²) in [6.07, 6.45) is 1.04. The van der Waals surface area contributed by atoms with Crippen molar-refractivity contribution in [2.75, 3.05) is 6.61 Å². The molecule has 1 atom stereocenters. The van der Waals surface area contributed by atoms with Crippen molar-refractivity contribution in [2.45, 2.75) is 46.0 Å². The third-order valence-corrected chi connectivity index (χ3v) is 5.11. The van der Waals surface area contributed by atoms with Gasteiger partial charge in [0.25, 0.3) is 0 Å². The van der Waals surface area contributed by atoms with Crippen molar-refractivity contribution < 1.29 is 24.1 Å². The number of ether oxygens (including phenoxy) is 3. The van der Waals surface area contributed by atoms with E-state index in [1.807, 2.05) is 56.3 Å². The Labute approximate surface area is 190 Å². The van der Waals surface area contributed by atoms with Gasteiger partial charge in [-0.2, -0.15) is 0 Å². The molecule has 3 rings (SSSR count). The Hall–Kier alpha value is -2.64. The summed E-state index contributed by atoms with van der Waals surface area (Å²) in [6, 6.07) is 13.3. The molecular formula is C24H26BrNO5. The number of nitrogens with zero attached hydrogens (tertiary/aromatic N) is 1. The van der Waals surface area contributed by atoms with Gasteiger partial charge in [-0.05, 0) is 50.6 Å². The fourth-order valence-electron chi connectivity index (χ4n) is 3.25. The second kappa shape index (κ2) is 10.6. The average Bonchev–Trinajstić information content (AvgIpc) is 2.73. The number of pyridine rings is 1. The zero-order valence-electron chi connectivity index (χ0n) is 17.8. The minimum absolute atomic E-state index is 0.0156. The smallest absolute Gasteiger partial charge is 0.333 e. The summed E-state index contributed by atoms with van der Waals surface area (Å²) in [5.41, 5.74) is 2.42. The lowest BCUT2D eigenvalue weighted by Gasteiger charge is -2.19. The van der Waals surface area contributed by atoms with Gasteiger partial charge in [0, 0.05) is 29.1 Å². The third-order valence-electron chi connectivity index (χ3n) is 4.61. The number of carboxylic acid groups (broad SMARTS) is 1. The van der Waals surface area contributed by atoms with Crippen LogP contribution in [0.5, 0.6) is 11.5 Å². The van der Waals surface area contributed by atoms with Gasteiger partial charge in [0.1, 0.15) is 18.1 Å². The normalized spacial score (nSPS) is 12.2. The maximum absolute atomic E-state index is 11.5. The Kier molecular flexibility index (Phi) is 7.87. The molecule has 7 heteroatoms. The number of aromatic nitrogens is 1. The van der Waals surface area contributed by atoms with Crippen LogP contribution in [0, 0.1) is 0 Å². The van der Waals surface area contributed by atoms with Gasteiger partial charge in [0.15, 0.2) is 6.10 Å². The van der Waals surface area contributed by atoms with Crippen molar-refractivity contribution in [3.05, 3.63) is 64.3 Å². The minimum atomic E-state index is -0.992. The summed E-state index contributed by atoms with van der Waals surface area (Å²) < 4.78 is 18.5. The lowest BCUT2D eigenvalue weighted by atomic mass is 10.1. The maximum Gasteiger partial charge on any atom is 0.333 e. The van der Waals surface area contributed by atoms with Crippen LogP contribution in [-0.2, 0) is 22.6 Å². The van der Waals surface area contributed by atoms with Crippen LogP contribution in [-0.4, -0.2) is 34.9 Å². The largest absolute Gasteiger partial charge is 0.490 e. The first kappa shape index (κ1) is 23.0. The first-order valence-electron chi connectivity index (χ1n) is 10.2. The molecule has 1 heterocycles.